The first-order chi connectivity index (χ1) is 10.2. The minimum absolute atomic E-state index is 0.194. The molecule has 0 spiro atoms. The SMILES string of the molecule is O=C(CCSCc1ccccc1)SCc1ccc(F)cc1. The van der Waals surface area contributed by atoms with Crippen LogP contribution in [0, 0.1) is 5.82 Å². The van der Waals surface area contributed by atoms with Gasteiger partial charge in [-0.3, -0.25) is 4.79 Å². The van der Waals surface area contributed by atoms with Gasteiger partial charge in [0.25, 0.3) is 0 Å². The number of carbonyl (C=O) groups excluding carboxylic acids is 1. The normalized spacial score (nSPS) is 10.5. The molecule has 0 bridgehead atoms. The lowest BCUT2D eigenvalue weighted by molar-refractivity contribution is -0.110. The lowest BCUT2D eigenvalue weighted by Crippen LogP contribution is -1.95. The predicted molar refractivity (Wildman–Crippen MR) is 89.9 cm³/mol. The van der Waals surface area contributed by atoms with Crippen molar-refractivity contribution in [2.24, 2.45) is 0 Å². The average molecular weight is 320 g/mol. The number of rotatable bonds is 7. The van der Waals surface area contributed by atoms with E-state index in [-0.39, 0.29) is 10.9 Å². The van der Waals surface area contributed by atoms with Gasteiger partial charge >= 0.3 is 0 Å². The van der Waals surface area contributed by atoms with E-state index >= 15 is 0 Å². The van der Waals surface area contributed by atoms with Crippen molar-refractivity contribution < 1.29 is 9.18 Å². The fourth-order valence-electron chi connectivity index (χ4n) is 1.74. The molecule has 0 radical (unpaired) electrons. The zero-order valence-electron chi connectivity index (χ0n) is 11.6. The fraction of sp³-hybridized carbons (Fsp3) is 0.235. The molecule has 2 aromatic rings. The third-order valence-corrected chi connectivity index (χ3v) is 4.91. The van der Waals surface area contributed by atoms with Crippen LogP contribution in [0.3, 0.4) is 0 Å². The van der Waals surface area contributed by atoms with Crippen LogP contribution in [0.5, 0.6) is 0 Å². The zero-order chi connectivity index (χ0) is 14.9. The van der Waals surface area contributed by atoms with E-state index in [0.29, 0.717) is 12.2 Å². The minimum Gasteiger partial charge on any atom is -0.287 e. The van der Waals surface area contributed by atoms with Crippen molar-refractivity contribution in [3.63, 3.8) is 0 Å². The second-order valence-corrected chi connectivity index (χ2v) is 6.71. The van der Waals surface area contributed by atoms with Crippen LogP contribution in [0.2, 0.25) is 0 Å². The van der Waals surface area contributed by atoms with Crippen LogP contribution in [0.25, 0.3) is 0 Å². The molecule has 0 atom stereocenters. The van der Waals surface area contributed by atoms with Crippen LogP contribution in [0.1, 0.15) is 17.5 Å². The summed E-state index contributed by atoms with van der Waals surface area (Å²) in [6, 6.07) is 16.5. The standard InChI is InChI=1S/C17H17FOS2/c18-16-8-6-15(7-9-16)13-21-17(19)10-11-20-12-14-4-2-1-3-5-14/h1-9H,10-13H2. The first kappa shape index (κ1) is 16.1. The van der Waals surface area contributed by atoms with Gasteiger partial charge < -0.3 is 0 Å². The van der Waals surface area contributed by atoms with E-state index < -0.39 is 0 Å². The number of thioether (sulfide) groups is 2. The maximum Gasteiger partial charge on any atom is 0.190 e. The fourth-order valence-corrected chi connectivity index (χ4v) is 3.53. The molecule has 0 amide bonds. The maximum atomic E-state index is 12.8. The number of halogens is 1. The lowest BCUT2D eigenvalue weighted by atomic mass is 10.2. The number of benzene rings is 2. The van der Waals surface area contributed by atoms with Gasteiger partial charge in [-0.2, -0.15) is 11.8 Å². The van der Waals surface area contributed by atoms with Gasteiger partial charge in [-0.1, -0.05) is 54.2 Å². The highest BCUT2D eigenvalue weighted by atomic mass is 32.2. The van der Waals surface area contributed by atoms with Gasteiger partial charge in [0.05, 0.1) is 0 Å². The smallest absolute Gasteiger partial charge is 0.190 e. The monoisotopic (exact) mass is 320 g/mol. The molecule has 0 aliphatic heterocycles. The van der Waals surface area contributed by atoms with E-state index in [0.717, 1.165) is 17.1 Å². The van der Waals surface area contributed by atoms with Gasteiger partial charge in [0.15, 0.2) is 5.12 Å². The molecule has 0 heterocycles. The molecule has 0 N–H and O–H groups in total. The molecule has 110 valence electrons. The zero-order valence-corrected chi connectivity index (χ0v) is 13.3. The average Bonchev–Trinajstić information content (AvgIpc) is 2.52. The van der Waals surface area contributed by atoms with Crippen LogP contribution in [-0.2, 0) is 16.3 Å². The summed E-state index contributed by atoms with van der Waals surface area (Å²) >= 11 is 3.08. The Labute approximate surface area is 133 Å². The molecule has 0 saturated carbocycles. The molecule has 1 nitrogen and oxygen atoms in total. The molecule has 0 aliphatic carbocycles. The highest BCUT2D eigenvalue weighted by molar-refractivity contribution is 8.13. The van der Waals surface area contributed by atoms with Gasteiger partial charge in [0, 0.05) is 23.7 Å². The van der Waals surface area contributed by atoms with Crippen molar-refractivity contribution in [3.05, 3.63) is 71.5 Å². The van der Waals surface area contributed by atoms with Crippen molar-refractivity contribution in [2.45, 2.75) is 17.9 Å². The quantitative estimate of drug-likeness (QED) is 0.675. The van der Waals surface area contributed by atoms with Crippen molar-refractivity contribution in [1.29, 1.82) is 0 Å². The minimum atomic E-state index is -0.243. The summed E-state index contributed by atoms with van der Waals surface area (Å²) < 4.78 is 12.8. The molecule has 0 fully saturated rings. The molecular formula is C17H17FOS2. The summed E-state index contributed by atoms with van der Waals surface area (Å²) in [5, 5.41) is 0.194. The second-order valence-electron chi connectivity index (χ2n) is 4.58. The molecule has 0 aromatic heterocycles. The number of carbonyl (C=O) groups is 1. The Morgan fingerprint density at radius 1 is 0.905 bits per heavy atom. The molecular weight excluding hydrogens is 303 g/mol. The van der Waals surface area contributed by atoms with Crippen LogP contribution in [-0.4, -0.2) is 10.9 Å². The topological polar surface area (TPSA) is 17.1 Å². The van der Waals surface area contributed by atoms with E-state index in [2.05, 4.69) is 12.1 Å². The molecule has 21 heavy (non-hydrogen) atoms. The van der Waals surface area contributed by atoms with Crippen molar-refractivity contribution in [2.75, 3.05) is 5.75 Å². The molecule has 0 saturated heterocycles. The van der Waals surface area contributed by atoms with Crippen LogP contribution < -0.4 is 0 Å². The third kappa shape index (κ3) is 6.36. The molecule has 0 unspecified atom stereocenters. The largest absolute Gasteiger partial charge is 0.287 e. The third-order valence-electron chi connectivity index (χ3n) is 2.88. The number of hydrogen-bond donors (Lipinski definition) is 0. The Morgan fingerprint density at radius 2 is 1.57 bits per heavy atom. The number of hydrogen-bond acceptors (Lipinski definition) is 3. The summed E-state index contributed by atoms with van der Waals surface area (Å²) in [5.74, 6) is 2.15. The van der Waals surface area contributed by atoms with Crippen LogP contribution >= 0.6 is 23.5 Å². The molecule has 2 aromatic carbocycles. The first-order valence-corrected chi connectivity index (χ1v) is 8.90. The first-order valence-electron chi connectivity index (χ1n) is 6.76. The Balaban J connectivity index is 1.60. The van der Waals surface area contributed by atoms with Gasteiger partial charge in [0.1, 0.15) is 5.82 Å². The van der Waals surface area contributed by atoms with E-state index in [1.807, 2.05) is 18.2 Å². The van der Waals surface area contributed by atoms with E-state index in [1.54, 1.807) is 23.9 Å². The van der Waals surface area contributed by atoms with Gasteiger partial charge in [0.2, 0.25) is 0 Å². The van der Waals surface area contributed by atoms with E-state index in [1.165, 1.54) is 29.5 Å². The van der Waals surface area contributed by atoms with Crippen molar-refractivity contribution in [1.82, 2.24) is 0 Å². The maximum absolute atomic E-state index is 12.8. The highest BCUT2D eigenvalue weighted by Gasteiger charge is 2.04. The van der Waals surface area contributed by atoms with E-state index in [9.17, 15) is 9.18 Å². The Kier molecular flexibility index (Phi) is 6.83. The van der Waals surface area contributed by atoms with Crippen LogP contribution in [0.15, 0.2) is 54.6 Å². The van der Waals surface area contributed by atoms with Gasteiger partial charge in [-0.25, -0.2) is 4.39 Å². The summed E-state index contributed by atoms with van der Waals surface area (Å²) in [6.07, 6.45) is 0.573. The lowest BCUT2D eigenvalue weighted by Gasteiger charge is -2.03. The highest BCUT2D eigenvalue weighted by Crippen LogP contribution is 2.18. The van der Waals surface area contributed by atoms with Crippen molar-refractivity contribution >= 4 is 28.6 Å². The molecule has 4 heteroatoms. The Hall–Kier alpha value is -1.26. The summed E-state index contributed by atoms with van der Waals surface area (Å²) in [4.78, 5) is 11.8. The summed E-state index contributed by atoms with van der Waals surface area (Å²) in [6.45, 7) is 0. The molecule has 0 aliphatic rings. The van der Waals surface area contributed by atoms with Crippen LogP contribution in [0.4, 0.5) is 4.39 Å². The molecule has 2 rings (SSSR count). The summed E-state index contributed by atoms with van der Waals surface area (Å²) in [7, 11) is 0. The van der Waals surface area contributed by atoms with E-state index in [4.69, 9.17) is 0 Å². The Bertz CT molecular complexity index is 555. The summed E-state index contributed by atoms with van der Waals surface area (Å²) in [5.41, 5.74) is 2.26. The van der Waals surface area contributed by atoms with Gasteiger partial charge in [-0.15, -0.1) is 0 Å². The van der Waals surface area contributed by atoms with Crippen molar-refractivity contribution in [3.8, 4) is 0 Å². The Morgan fingerprint density at radius 3 is 2.29 bits per heavy atom. The second kappa shape index (κ2) is 8.90. The predicted octanol–water partition coefficient (Wildman–Crippen LogP) is 4.91. The van der Waals surface area contributed by atoms with Gasteiger partial charge in [-0.05, 0) is 23.3 Å².